The Kier molecular flexibility index (Phi) is 9.75. The summed E-state index contributed by atoms with van der Waals surface area (Å²) >= 11 is 0. The van der Waals surface area contributed by atoms with Gasteiger partial charge in [-0.2, -0.15) is 0 Å². The number of nitrogens with one attached hydrogen (secondary N) is 3. The zero-order valence-corrected chi connectivity index (χ0v) is 18.3. The number of nitrogens with zero attached hydrogens (tertiary/aromatic N) is 2. The quantitative estimate of drug-likeness (QED) is 0.215. The molecule has 26 heavy (non-hydrogen) atoms. The van der Waals surface area contributed by atoms with Crippen molar-refractivity contribution < 1.29 is 13.2 Å². The van der Waals surface area contributed by atoms with E-state index in [0.717, 1.165) is 26.0 Å². The van der Waals surface area contributed by atoms with Gasteiger partial charge in [-0.1, -0.05) is 0 Å². The predicted molar refractivity (Wildman–Crippen MR) is 112 cm³/mol. The number of hydrogen-bond acceptors (Lipinski definition) is 5. The third-order valence-electron chi connectivity index (χ3n) is 3.87. The number of rotatable bonds is 8. The van der Waals surface area contributed by atoms with Crippen LogP contribution in [0.1, 0.15) is 26.7 Å². The summed E-state index contributed by atoms with van der Waals surface area (Å²) in [6, 6.07) is 3.10. The van der Waals surface area contributed by atoms with E-state index in [9.17, 15) is 8.42 Å². The first kappa shape index (κ1) is 23.1. The fourth-order valence-corrected chi connectivity index (χ4v) is 3.50. The molecule has 0 spiro atoms. The van der Waals surface area contributed by atoms with Crippen LogP contribution in [0, 0.1) is 0 Å². The maximum absolute atomic E-state index is 12.1. The van der Waals surface area contributed by atoms with Crippen LogP contribution in [0.25, 0.3) is 0 Å². The van der Waals surface area contributed by atoms with E-state index in [0.29, 0.717) is 19.0 Å². The van der Waals surface area contributed by atoms with Crippen molar-refractivity contribution in [2.24, 2.45) is 4.99 Å². The second-order valence-electron chi connectivity index (χ2n) is 6.11. The van der Waals surface area contributed by atoms with Crippen LogP contribution < -0.4 is 15.4 Å². The molecule has 1 atom stereocenters. The topological polar surface area (TPSA) is 105 Å². The Labute approximate surface area is 172 Å². The van der Waals surface area contributed by atoms with Gasteiger partial charge in [-0.05, 0) is 38.8 Å². The first-order valence-electron chi connectivity index (χ1n) is 8.51. The van der Waals surface area contributed by atoms with Crippen molar-refractivity contribution in [3.05, 3.63) is 24.5 Å². The molecule has 1 aliphatic heterocycles. The number of halogens is 1. The smallest absolute Gasteiger partial charge is 0.242 e. The zero-order chi connectivity index (χ0) is 18.2. The standard InChI is InChI=1S/C16H27N5O3S.HI/c1-3-18-15(20-13-16(2)7-5-11-24-16)19-9-10-21-25(22,23)14-6-4-8-17-12-14;/h4,6,8,12,21H,3,5,7,9-11,13H2,1-2H3,(H2,18,19,20);1H. The number of sulfonamides is 1. The van der Waals surface area contributed by atoms with E-state index in [4.69, 9.17) is 4.74 Å². The van der Waals surface area contributed by atoms with Crippen molar-refractivity contribution in [2.45, 2.75) is 37.2 Å². The monoisotopic (exact) mass is 497 g/mol. The molecule has 1 aliphatic rings. The second-order valence-corrected chi connectivity index (χ2v) is 7.88. The molecule has 0 saturated carbocycles. The van der Waals surface area contributed by atoms with Gasteiger partial charge in [0.1, 0.15) is 4.90 Å². The van der Waals surface area contributed by atoms with Crippen LogP contribution in [0.15, 0.2) is 34.4 Å². The van der Waals surface area contributed by atoms with Gasteiger partial charge in [-0.15, -0.1) is 24.0 Å². The number of ether oxygens (including phenoxy) is 1. The molecule has 1 fully saturated rings. The molecule has 1 aromatic heterocycles. The van der Waals surface area contributed by atoms with Gasteiger partial charge in [0.2, 0.25) is 10.0 Å². The Morgan fingerprint density at radius 2 is 2.19 bits per heavy atom. The van der Waals surface area contributed by atoms with Crippen molar-refractivity contribution in [3.63, 3.8) is 0 Å². The Bertz CT molecular complexity index is 664. The molecule has 1 saturated heterocycles. The van der Waals surface area contributed by atoms with Gasteiger partial charge in [0.15, 0.2) is 5.96 Å². The van der Waals surface area contributed by atoms with Gasteiger partial charge in [-0.3, -0.25) is 9.98 Å². The van der Waals surface area contributed by atoms with E-state index < -0.39 is 10.0 Å². The molecule has 148 valence electrons. The molecule has 2 rings (SSSR count). The van der Waals surface area contributed by atoms with E-state index in [1.807, 2.05) is 6.92 Å². The third-order valence-corrected chi connectivity index (χ3v) is 5.32. The van der Waals surface area contributed by atoms with Crippen molar-refractivity contribution in [1.82, 2.24) is 20.3 Å². The average molecular weight is 497 g/mol. The lowest BCUT2D eigenvalue weighted by Crippen LogP contribution is -2.42. The molecule has 10 heteroatoms. The van der Waals surface area contributed by atoms with Gasteiger partial charge in [0.05, 0.1) is 12.1 Å². The highest BCUT2D eigenvalue weighted by Gasteiger charge is 2.29. The lowest BCUT2D eigenvalue weighted by Gasteiger charge is -2.21. The molecule has 1 aromatic rings. The lowest BCUT2D eigenvalue weighted by atomic mass is 10.0. The number of pyridine rings is 1. The highest BCUT2D eigenvalue weighted by molar-refractivity contribution is 14.0. The molecule has 0 aliphatic carbocycles. The number of guanidine groups is 1. The Morgan fingerprint density at radius 3 is 2.81 bits per heavy atom. The van der Waals surface area contributed by atoms with Gasteiger partial charge in [0.25, 0.3) is 0 Å². The SMILES string of the molecule is CCNC(=NCC1(C)CCCO1)NCCNS(=O)(=O)c1cccnc1.I. The minimum absolute atomic E-state index is 0. The molecular formula is C16H28IN5O3S. The van der Waals surface area contributed by atoms with E-state index >= 15 is 0 Å². The van der Waals surface area contributed by atoms with Crippen molar-refractivity contribution >= 4 is 40.0 Å². The summed E-state index contributed by atoms with van der Waals surface area (Å²) in [5, 5.41) is 6.28. The van der Waals surface area contributed by atoms with Crippen LogP contribution in [-0.4, -0.2) is 57.7 Å². The van der Waals surface area contributed by atoms with Crippen molar-refractivity contribution in [1.29, 1.82) is 0 Å². The van der Waals surface area contributed by atoms with Crippen LogP contribution >= 0.6 is 24.0 Å². The molecule has 2 heterocycles. The maximum atomic E-state index is 12.1. The van der Waals surface area contributed by atoms with Gasteiger partial charge < -0.3 is 15.4 Å². The minimum Gasteiger partial charge on any atom is -0.373 e. The highest BCUT2D eigenvalue weighted by Crippen LogP contribution is 2.24. The molecule has 0 aromatic carbocycles. The first-order valence-corrected chi connectivity index (χ1v) is 9.99. The number of aromatic nitrogens is 1. The summed E-state index contributed by atoms with van der Waals surface area (Å²) in [7, 11) is -3.54. The third kappa shape index (κ3) is 7.33. The summed E-state index contributed by atoms with van der Waals surface area (Å²) in [6.07, 6.45) is 4.92. The molecular weight excluding hydrogens is 469 g/mol. The summed E-state index contributed by atoms with van der Waals surface area (Å²) in [5.41, 5.74) is -0.204. The number of aliphatic imine (C=N–C) groups is 1. The van der Waals surface area contributed by atoms with Crippen molar-refractivity contribution in [3.8, 4) is 0 Å². The summed E-state index contributed by atoms with van der Waals surface area (Å²) in [4.78, 5) is 8.52. The normalized spacial score (nSPS) is 20.5. The molecule has 1 unspecified atom stereocenters. The Hall–Kier alpha value is -0.980. The van der Waals surface area contributed by atoms with Crippen LogP contribution in [0.5, 0.6) is 0 Å². The molecule has 8 nitrogen and oxygen atoms in total. The second kappa shape index (κ2) is 11.0. The minimum atomic E-state index is -3.54. The van der Waals surface area contributed by atoms with E-state index in [1.165, 1.54) is 18.5 Å². The van der Waals surface area contributed by atoms with Gasteiger partial charge >= 0.3 is 0 Å². The fourth-order valence-electron chi connectivity index (χ4n) is 2.51. The Balaban J connectivity index is 0.00000338. The maximum Gasteiger partial charge on any atom is 0.242 e. The molecule has 0 amide bonds. The first-order chi connectivity index (χ1) is 12.0. The largest absolute Gasteiger partial charge is 0.373 e. The zero-order valence-electron chi connectivity index (χ0n) is 15.2. The van der Waals surface area contributed by atoms with Crippen LogP contribution in [0.4, 0.5) is 0 Å². The molecule has 0 bridgehead atoms. The van der Waals surface area contributed by atoms with E-state index in [-0.39, 0.29) is 41.0 Å². The van der Waals surface area contributed by atoms with Crippen LogP contribution in [0.3, 0.4) is 0 Å². The van der Waals surface area contributed by atoms with Crippen LogP contribution in [0.2, 0.25) is 0 Å². The fraction of sp³-hybridized carbons (Fsp3) is 0.625. The Morgan fingerprint density at radius 1 is 1.38 bits per heavy atom. The van der Waals surface area contributed by atoms with E-state index in [2.05, 4.69) is 32.3 Å². The van der Waals surface area contributed by atoms with Crippen molar-refractivity contribution in [2.75, 3.05) is 32.8 Å². The van der Waals surface area contributed by atoms with E-state index in [1.54, 1.807) is 6.07 Å². The average Bonchev–Trinajstić information content (AvgIpc) is 3.04. The lowest BCUT2D eigenvalue weighted by molar-refractivity contribution is 0.0283. The summed E-state index contributed by atoms with van der Waals surface area (Å²) < 4.78 is 32.5. The summed E-state index contributed by atoms with van der Waals surface area (Å²) in [5.74, 6) is 0.653. The van der Waals surface area contributed by atoms with Crippen LogP contribution in [-0.2, 0) is 14.8 Å². The van der Waals surface area contributed by atoms with Gasteiger partial charge in [0, 0.05) is 38.6 Å². The number of hydrogen-bond donors (Lipinski definition) is 3. The highest BCUT2D eigenvalue weighted by atomic mass is 127. The van der Waals surface area contributed by atoms with Gasteiger partial charge in [-0.25, -0.2) is 13.1 Å². The predicted octanol–water partition coefficient (Wildman–Crippen LogP) is 1.10. The summed E-state index contributed by atoms with van der Waals surface area (Å²) in [6.45, 7) is 6.80. The molecule has 3 N–H and O–H groups in total. The molecule has 0 radical (unpaired) electrons.